The lowest BCUT2D eigenvalue weighted by Crippen LogP contribution is -2.32. The molecule has 2 aliphatic heterocycles. The molecule has 2 heterocycles. The van der Waals surface area contributed by atoms with Gasteiger partial charge in [-0.05, 0) is 44.4 Å². The van der Waals surface area contributed by atoms with Crippen LogP contribution in [0, 0.1) is 5.92 Å². The maximum absolute atomic E-state index is 5.58. The van der Waals surface area contributed by atoms with E-state index in [1.807, 2.05) is 0 Å². The molecule has 0 bridgehead atoms. The Kier molecular flexibility index (Phi) is 3.62. The van der Waals surface area contributed by atoms with E-state index in [-0.39, 0.29) is 0 Å². The SMILES string of the molecule is C(=NN1CCCCC1)C1CCC2OCOC2C1. The van der Waals surface area contributed by atoms with Crippen molar-refractivity contribution in [3.63, 3.8) is 0 Å². The summed E-state index contributed by atoms with van der Waals surface area (Å²) < 4.78 is 11.1. The molecule has 3 rings (SSSR count). The van der Waals surface area contributed by atoms with Crippen LogP contribution >= 0.6 is 0 Å². The zero-order valence-electron chi connectivity index (χ0n) is 10.4. The Morgan fingerprint density at radius 3 is 2.71 bits per heavy atom. The maximum Gasteiger partial charge on any atom is 0.147 e. The lowest BCUT2D eigenvalue weighted by Gasteiger charge is -2.28. The zero-order chi connectivity index (χ0) is 11.5. The normalized spacial score (nSPS) is 38.6. The minimum absolute atomic E-state index is 0.321. The molecule has 3 atom stereocenters. The number of rotatable bonds is 2. The number of ether oxygens (including phenoxy) is 2. The first-order valence-corrected chi connectivity index (χ1v) is 6.94. The van der Waals surface area contributed by atoms with Gasteiger partial charge in [0.05, 0.1) is 12.2 Å². The average molecular weight is 238 g/mol. The Morgan fingerprint density at radius 2 is 1.82 bits per heavy atom. The van der Waals surface area contributed by atoms with Gasteiger partial charge in [0, 0.05) is 19.3 Å². The third kappa shape index (κ3) is 2.80. The summed E-state index contributed by atoms with van der Waals surface area (Å²) in [4.78, 5) is 0. The van der Waals surface area contributed by atoms with Crippen LogP contribution in [0.5, 0.6) is 0 Å². The van der Waals surface area contributed by atoms with Crippen molar-refractivity contribution >= 4 is 6.21 Å². The highest BCUT2D eigenvalue weighted by atomic mass is 16.7. The quantitative estimate of drug-likeness (QED) is 0.690. The van der Waals surface area contributed by atoms with E-state index in [0.717, 1.165) is 25.9 Å². The van der Waals surface area contributed by atoms with Gasteiger partial charge in [0.2, 0.25) is 0 Å². The van der Waals surface area contributed by atoms with Crippen LogP contribution < -0.4 is 0 Å². The fourth-order valence-corrected chi connectivity index (χ4v) is 3.03. The molecule has 0 aromatic carbocycles. The Balaban J connectivity index is 1.49. The Morgan fingerprint density at radius 1 is 1.00 bits per heavy atom. The topological polar surface area (TPSA) is 34.1 Å². The van der Waals surface area contributed by atoms with Gasteiger partial charge in [-0.3, -0.25) is 5.01 Å². The van der Waals surface area contributed by atoms with Crippen LogP contribution in [0.15, 0.2) is 5.10 Å². The number of hydrogen-bond donors (Lipinski definition) is 0. The van der Waals surface area contributed by atoms with Crippen molar-refractivity contribution in [1.82, 2.24) is 5.01 Å². The van der Waals surface area contributed by atoms with E-state index in [1.165, 1.54) is 25.7 Å². The van der Waals surface area contributed by atoms with Gasteiger partial charge in [0.15, 0.2) is 0 Å². The summed E-state index contributed by atoms with van der Waals surface area (Å²) in [6.07, 6.45) is 10.2. The molecule has 0 aromatic rings. The van der Waals surface area contributed by atoms with Crippen LogP contribution in [0.25, 0.3) is 0 Å². The van der Waals surface area contributed by atoms with E-state index in [1.54, 1.807) is 0 Å². The summed E-state index contributed by atoms with van der Waals surface area (Å²) in [6.45, 7) is 2.76. The van der Waals surface area contributed by atoms with Crippen LogP contribution in [0.2, 0.25) is 0 Å². The first kappa shape index (κ1) is 11.5. The van der Waals surface area contributed by atoms with Gasteiger partial charge >= 0.3 is 0 Å². The standard InChI is InChI=1S/C13H22N2O2/c1-2-6-15(7-3-1)14-9-11-4-5-12-13(8-11)17-10-16-12/h9,11-13H,1-8,10H2. The second-order valence-corrected chi connectivity index (χ2v) is 5.38. The molecule has 4 heteroatoms. The third-order valence-corrected chi connectivity index (χ3v) is 4.11. The Labute approximate surface area is 103 Å². The lowest BCUT2D eigenvalue weighted by molar-refractivity contribution is 0.0393. The van der Waals surface area contributed by atoms with E-state index in [0.29, 0.717) is 24.9 Å². The fourth-order valence-electron chi connectivity index (χ4n) is 3.03. The van der Waals surface area contributed by atoms with Gasteiger partial charge in [-0.2, -0.15) is 5.10 Å². The minimum Gasteiger partial charge on any atom is -0.349 e. The summed E-state index contributed by atoms with van der Waals surface area (Å²) in [5.74, 6) is 0.583. The summed E-state index contributed by atoms with van der Waals surface area (Å²) in [7, 11) is 0. The molecule has 0 spiro atoms. The van der Waals surface area contributed by atoms with Gasteiger partial charge in [-0.1, -0.05) is 0 Å². The smallest absolute Gasteiger partial charge is 0.147 e. The van der Waals surface area contributed by atoms with Crippen LogP contribution in [0.1, 0.15) is 38.5 Å². The summed E-state index contributed by atoms with van der Waals surface area (Å²) in [5.41, 5.74) is 0. The fraction of sp³-hybridized carbons (Fsp3) is 0.923. The maximum atomic E-state index is 5.58. The van der Waals surface area contributed by atoms with E-state index >= 15 is 0 Å². The lowest BCUT2D eigenvalue weighted by atomic mass is 9.86. The second kappa shape index (κ2) is 5.36. The first-order chi connectivity index (χ1) is 8.42. The molecule has 4 nitrogen and oxygen atoms in total. The third-order valence-electron chi connectivity index (χ3n) is 4.11. The van der Waals surface area contributed by atoms with Gasteiger partial charge < -0.3 is 9.47 Å². The van der Waals surface area contributed by atoms with Crippen LogP contribution in [-0.4, -0.2) is 43.3 Å². The second-order valence-electron chi connectivity index (χ2n) is 5.38. The zero-order valence-corrected chi connectivity index (χ0v) is 10.4. The number of nitrogens with zero attached hydrogens (tertiary/aromatic N) is 2. The Hall–Kier alpha value is -0.610. The van der Waals surface area contributed by atoms with Gasteiger partial charge in [0.1, 0.15) is 6.79 Å². The van der Waals surface area contributed by atoms with Crippen LogP contribution in [0.4, 0.5) is 0 Å². The monoisotopic (exact) mass is 238 g/mol. The van der Waals surface area contributed by atoms with Crippen molar-refractivity contribution in [2.75, 3.05) is 19.9 Å². The van der Waals surface area contributed by atoms with Crippen molar-refractivity contribution in [2.24, 2.45) is 11.0 Å². The molecule has 0 radical (unpaired) electrons. The van der Waals surface area contributed by atoms with Crippen molar-refractivity contribution in [3.05, 3.63) is 0 Å². The highest BCUT2D eigenvalue weighted by molar-refractivity contribution is 5.60. The predicted molar refractivity (Wildman–Crippen MR) is 65.9 cm³/mol. The molecule has 3 aliphatic rings. The number of fused-ring (bicyclic) bond motifs is 1. The highest BCUT2D eigenvalue weighted by Gasteiger charge is 2.35. The molecular formula is C13H22N2O2. The molecule has 0 aromatic heterocycles. The molecule has 0 N–H and O–H groups in total. The van der Waals surface area contributed by atoms with Crippen LogP contribution in [0.3, 0.4) is 0 Å². The average Bonchev–Trinajstić information content (AvgIpc) is 2.85. The molecule has 3 unspecified atom stereocenters. The molecule has 2 saturated heterocycles. The van der Waals surface area contributed by atoms with Gasteiger partial charge in [-0.15, -0.1) is 0 Å². The molecule has 1 aliphatic carbocycles. The molecule has 0 amide bonds. The minimum atomic E-state index is 0.321. The Bertz CT molecular complexity index is 277. The van der Waals surface area contributed by atoms with Crippen molar-refractivity contribution in [1.29, 1.82) is 0 Å². The van der Waals surface area contributed by atoms with Crippen molar-refractivity contribution in [2.45, 2.75) is 50.7 Å². The summed E-state index contributed by atoms with van der Waals surface area (Å²) in [6, 6.07) is 0. The first-order valence-electron chi connectivity index (χ1n) is 6.94. The number of piperidine rings is 1. The predicted octanol–water partition coefficient (Wildman–Crippen LogP) is 2.00. The van der Waals surface area contributed by atoms with Gasteiger partial charge in [0.25, 0.3) is 0 Å². The molecule has 17 heavy (non-hydrogen) atoms. The molecular weight excluding hydrogens is 216 g/mol. The molecule has 3 fully saturated rings. The van der Waals surface area contributed by atoms with E-state index < -0.39 is 0 Å². The molecule has 1 saturated carbocycles. The highest BCUT2D eigenvalue weighted by Crippen LogP contribution is 2.31. The van der Waals surface area contributed by atoms with Crippen molar-refractivity contribution in [3.8, 4) is 0 Å². The summed E-state index contributed by atoms with van der Waals surface area (Å²) >= 11 is 0. The summed E-state index contributed by atoms with van der Waals surface area (Å²) in [5, 5.41) is 6.86. The van der Waals surface area contributed by atoms with Gasteiger partial charge in [-0.25, -0.2) is 0 Å². The van der Waals surface area contributed by atoms with Crippen molar-refractivity contribution < 1.29 is 9.47 Å². The van der Waals surface area contributed by atoms with E-state index in [2.05, 4.69) is 16.3 Å². The number of hydrazone groups is 1. The molecule has 96 valence electrons. The van der Waals surface area contributed by atoms with Crippen LogP contribution in [-0.2, 0) is 9.47 Å². The largest absolute Gasteiger partial charge is 0.349 e. The number of hydrogen-bond acceptors (Lipinski definition) is 4. The van der Waals surface area contributed by atoms with E-state index in [9.17, 15) is 0 Å². The van der Waals surface area contributed by atoms with E-state index in [4.69, 9.17) is 9.47 Å².